The highest BCUT2D eigenvalue weighted by Crippen LogP contribution is 2.19. The van der Waals surface area contributed by atoms with E-state index in [4.69, 9.17) is 5.21 Å². The Morgan fingerprint density at radius 2 is 1.85 bits per heavy atom. The summed E-state index contributed by atoms with van der Waals surface area (Å²) in [6, 6.07) is 2.31. The summed E-state index contributed by atoms with van der Waals surface area (Å²) in [7, 11) is 1.32. The maximum atomic E-state index is 13.1. The molecule has 72 valence electrons. The molecule has 0 bridgehead atoms. The molecule has 1 N–H and O–H groups in total. The first-order valence-corrected chi connectivity index (χ1v) is 4.33. The molecule has 0 amide bonds. The van der Waals surface area contributed by atoms with Crippen LogP contribution in [0.15, 0.2) is 16.6 Å². The zero-order valence-electron chi connectivity index (χ0n) is 6.89. The predicted octanol–water partition coefficient (Wildman–Crippen LogP) is 2.55. The Balaban J connectivity index is 3.06. The lowest BCUT2D eigenvalue weighted by Gasteiger charge is -2.10. The Hall–Kier alpha value is -0.520. The van der Waals surface area contributed by atoms with Crippen molar-refractivity contribution in [3.05, 3.63) is 33.8 Å². The van der Waals surface area contributed by atoms with Crippen LogP contribution in [0.2, 0.25) is 0 Å². The maximum absolute atomic E-state index is 13.1. The van der Waals surface area contributed by atoms with E-state index >= 15 is 0 Å². The fourth-order valence-corrected chi connectivity index (χ4v) is 1.35. The van der Waals surface area contributed by atoms with E-state index in [1.807, 2.05) is 0 Å². The first-order valence-electron chi connectivity index (χ1n) is 3.54. The average molecular weight is 252 g/mol. The molecule has 0 atom stereocenters. The zero-order valence-corrected chi connectivity index (χ0v) is 8.48. The lowest BCUT2D eigenvalue weighted by atomic mass is 10.2. The molecule has 0 aliphatic carbocycles. The molecule has 13 heavy (non-hydrogen) atoms. The molecule has 1 aromatic carbocycles. The van der Waals surface area contributed by atoms with Crippen LogP contribution >= 0.6 is 15.9 Å². The van der Waals surface area contributed by atoms with Crippen molar-refractivity contribution in [2.24, 2.45) is 0 Å². The Morgan fingerprint density at radius 3 is 2.23 bits per heavy atom. The van der Waals surface area contributed by atoms with Gasteiger partial charge in [0.25, 0.3) is 0 Å². The standard InChI is InChI=1S/C8H8BrF2NO/c1-12(13)4-6-7(10)2-5(9)3-8(6)11/h2-3,13H,4H2,1H3. The molecular weight excluding hydrogens is 244 g/mol. The van der Waals surface area contributed by atoms with Gasteiger partial charge < -0.3 is 5.21 Å². The van der Waals surface area contributed by atoms with Crippen molar-refractivity contribution in [2.75, 3.05) is 7.05 Å². The maximum Gasteiger partial charge on any atom is 0.131 e. The first-order chi connectivity index (χ1) is 6.00. The van der Waals surface area contributed by atoms with Crippen LogP contribution in [-0.4, -0.2) is 17.3 Å². The van der Waals surface area contributed by atoms with E-state index in [0.29, 0.717) is 4.47 Å². The monoisotopic (exact) mass is 251 g/mol. The third-order valence-electron chi connectivity index (χ3n) is 1.49. The third kappa shape index (κ3) is 2.72. The number of benzene rings is 1. The van der Waals surface area contributed by atoms with E-state index in [1.165, 1.54) is 7.05 Å². The van der Waals surface area contributed by atoms with Gasteiger partial charge in [-0.1, -0.05) is 15.9 Å². The van der Waals surface area contributed by atoms with Gasteiger partial charge in [0.15, 0.2) is 0 Å². The van der Waals surface area contributed by atoms with Gasteiger partial charge in [0.1, 0.15) is 11.6 Å². The number of hydroxylamine groups is 2. The smallest absolute Gasteiger partial charge is 0.131 e. The Labute approximate surface area is 82.9 Å². The highest BCUT2D eigenvalue weighted by molar-refractivity contribution is 9.10. The highest BCUT2D eigenvalue weighted by Gasteiger charge is 2.11. The number of halogens is 3. The van der Waals surface area contributed by atoms with Gasteiger partial charge in [-0.3, -0.25) is 0 Å². The molecule has 0 saturated heterocycles. The van der Waals surface area contributed by atoms with E-state index in [9.17, 15) is 8.78 Å². The Morgan fingerprint density at radius 1 is 1.38 bits per heavy atom. The minimum atomic E-state index is -0.673. The second kappa shape index (κ2) is 4.13. The Kier molecular flexibility index (Phi) is 3.35. The number of hydrogen-bond donors (Lipinski definition) is 1. The van der Waals surface area contributed by atoms with Crippen molar-refractivity contribution in [3.8, 4) is 0 Å². The van der Waals surface area contributed by atoms with Crippen LogP contribution in [0.5, 0.6) is 0 Å². The van der Waals surface area contributed by atoms with Crippen LogP contribution in [-0.2, 0) is 6.54 Å². The summed E-state index contributed by atoms with van der Waals surface area (Å²) in [5.74, 6) is -1.35. The number of nitrogens with zero attached hydrogens (tertiary/aromatic N) is 1. The summed E-state index contributed by atoms with van der Waals surface area (Å²) in [5, 5.41) is 9.53. The molecule has 1 aromatic rings. The molecule has 1 rings (SSSR count). The molecule has 2 nitrogen and oxygen atoms in total. The topological polar surface area (TPSA) is 23.5 Å². The fraction of sp³-hybridized carbons (Fsp3) is 0.250. The van der Waals surface area contributed by atoms with Crippen LogP contribution < -0.4 is 0 Å². The molecule has 0 heterocycles. The summed E-state index contributed by atoms with van der Waals surface area (Å²) in [6.07, 6.45) is 0. The summed E-state index contributed by atoms with van der Waals surface area (Å²) in [4.78, 5) is 0. The minimum Gasteiger partial charge on any atom is -0.314 e. The van der Waals surface area contributed by atoms with Gasteiger partial charge in [-0.2, -0.15) is 5.06 Å². The third-order valence-corrected chi connectivity index (χ3v) is 1.95. The van der Waals surface area contributed by atoms with E-state index in [2.05, 4.69) is 15.9 Å². The Bertz CT molecular complexity index is 294. The average Bonchev–Trinajstić information content (AvgIpc) is 1.96. The largest absolute Gasteiger partial charge is 0.314 e. The summed E-state index contributed by atoms with van der Waals surface area (Å²) < 4.78 is 26.5. The van der Waals surface area contributed by atoms with E-state index in [1.54, 1.807) is 0 Å². The number of rotatable bonds is 2. The van der Waals surface area contributed by atoms with Crippen molar-refractivity contribution in [2.45, 2.75) is 6.54 Å². The van der Waals surface area contributed by atoms with Crippen LogP contribution in [0, 0.1) is 11.6 Å². The number of hydrogen-bond acceptors (Lipinski definition) is 2. The van der Waals surface area contributed by atoms with Gasteiger partial charge in [-0.15, -0.1) is 0 Å². The van der Waals surface area contributed by atoms with Gasteiger partial charge in [-0.05, 0) is 12.1 Å². The molecule has 0 aliphatic rings. The second-order valence-electron chi connectivity index (χ2n) is 2.66. The molecular formula is C8H8BrF2NO. The van der Waals surface area contributed by atoms with E-state index < -0.39 is 11.6 Å². The summed E-state index contributed by atoms with van der Waals surface area (Å²) in [5.41, 5.74) is -0.145. The van der Waals surface area contributed by atoms with E-state index in [0.717, 1.165) is 17.2 Å². The normalized spacial score (nSPS) is 10.9. The fourth-order valence-electron chi connectivity index (χ4n) is 0.952. The lowest BCUT2D eigenvalue weighted by molar-refractivity contribution is -0.0745. The van der Waals surface area contributed by atoms with Gasteiger partial charge >= 0.3 is 0 Å². The van der Waals surface area contributed by atoms with Gasteiger partial charge in [-0.25, -0.2) is 8.78 Å². The molecule has 0 fully saturated rings. The van der Waals surface area contributed by atoms with Gasteiger partial charge in [0.05, 0.1) is 6.54 Å². The zero-order chi connectivity index (χ0) is 10.0. The van der Waals surface area contributed by atoms with Crippen LogP contribution in [0.25, 0.3) is 0 Å². The van der Waals surface area contributed by atoms with E-state index in [-0.39, 0.29) is 12.1 Å². The van der Waals surface area contributed by atoms with Crippen molar-refractivity contribution < 1.29 is 14.0 Å². The van der Waals surface area contributed by atoms with Gasteiger partial charge in [0.2, 0.25) is 0 Å². The molecule has 0 spiro atoms. The van der Waals surface area contributed by atoms with Crippen molar-refractivity contribution >= 4 is 15.9 Å². The summed E-state index contributed by atoms with van der Waals surface area (Å²) in [6.45, 7) is -0.176. The quantitative estimate of drug-likeness (QED) is 0.817. The van der Waals surface area contributed by atoms with Crippen LogP contribution in [0.4, 0.5) is 8.78 Å². The molecule has 5 heteroatoms. The molecule has 0 aliphatic heterocycles. The van der Waals surface area contributed by atoms with Crippen molar-refractivity contribution in [1.82, 2.24) is 5.06 Å². The molecule has 0 unspecified atom stereocenters. The summed E-state index contributed by atoms with van der Waals surface area (Å²) >= 11 is 2.96. The predicted molar refractivity (Wildman–Crippen MR) is 47.3 cm³/mol. The van der Waals surface area contributed by atoms with Gasteiger partial charge in [0, 0.05) is 17.1 Å². The highest BCUT2D eigenvalue weighted by atomic mass is 79.9. The SMILES string of the molecule is CN(O)Cc1c(F)cc(Br)cc1F. The molecule has 0 aromatic heterocycles. The first kappa shape index (κ1) is 10.6. The molecule has 0 radical (unpaired) electrons. The van der Waals surface area contributed by atoms with Crippen LogP contribution in [0.3, 0.4) is 0 Å². The lowest BCUT2D eigenvalue weighted by Crippen LogP contribution is -2.14. The van der Waals surface area contributed by atoms with Crippen molar-refractivity contribution in [1.29, 1.82) is 0 Å². The van der Waals surface area contributed by atoms with Crippen molar-refractivity contribution in [3.63, 3.8) is 0 Å². The molecule has 0 saturated carbocycles. The second-order valence-corrected chi connectivity index (χ2v) is 3.58. The minimum absolute atomic E-state index is 0.145. The van der Waals surface area contributed by atoms with Crippen LogP contribution in [0.1, 0.15) is 5.56 Å².